The Labute approximate surface area is 403 Å². The number of anilines is 3. The van der Waals surface area contributed by atoms with Crippen molar-refractivity contribution in [1.82, 2.24) is 0 Å². The first-order valence-electron chi connectivity index (χ1n) is 24.4. The van der Waals surface area contributed by atoms with Crippen LogP contribution >= 0.6 is 0 Å². The number of para-hydroxylation sites is 1. The second-order valence-corrected chi connectivity index (χ2v) is 19.4. The molecule has 10 aromatic carbocycles. The fourth-order valence-corrected chi connectivity index (χ4v) is 13.8. The minimum Gasteiger partial charge on any atom is -0.311 e. The lowest BCUT2D eigenvalue weighted by atomic mass is 9.64. The van der Waals surface area contributed by atoms with Crippen LogP contribution in [0.2, 0.25) is 0 Å². The van der Waals surface area contributed by atoms with Crippen LogP contribution in [-0.4, -0.2) is 0 Å². The zero-order valence-corrected chi connectivity index (χ0v) is 37.9. The molecule has 0 fully saturated rings. The number of allylic oxidation sites excluding steroid dienone is 4. The average molecular weight is 876 g/mol. The van der Waals surface area contributed by atoms with E-state index in [0.29, 0.717) is 5.92 Å². The van der Waals surface area contributed by atoms with Crippen molar-refractivity contribution in [3.05, 3.63) is 305 Å². The number of hydrogen-bond acceptors (Lipinski definition) is 1. The molecule has 15 rings (SSSR count). The van der Waals surface area contributed by atoms with Crippen LogP contribution < -0.4 is 4.90 Å². The highest BCUT2D eigenvalue weighted by Crippen LogP contribution is 2.67. The molecule has 0 saturated heterocycles. The van der Waals surface area contributed by atoms with Crippen molar-refractivity contribution in [2.45, 2.75) is 16.7 Å². The van der Waals surface area contributed by atoms with Gasteiger partial charge in [-0.05, 0) is 143 Å². The van der Waals surface area contributed by atoms with Gasteiger partial charge in [-0.15, -0.1) is 0 Å². The molecule has 2 atom stereocenters. The molecular weight excluding hydrogens is 831 g/mol. The summed E-state index contributed by atoms with van der Waals surface area (Å²) in [7, 11) is 0. The van der Waals surface area contributed by atoms with Crippen molar-refractivity contribution < 1.29 is 0 Å². The van der Waals surface area contributed by atoms with Gasteiger partial charge in [0.2, 0.25) is 0 Å². The molecule has 10 aromatic rings. The van der Waals surface area contributed by atoms with Gasteiger partial charge in [0.1, 0.15) is 0 Å². The highest BCUT2D eigenvalue weighted by Gasteiger charge is 2.58. The van der Waals surface area contributed by atoms with Gasteiger partial charge in [0, 0.05) is 28.9 Å². The fraction of sp³-hybridized carbons (Fsp3) is 0.0588. The molecule has 69 heavy (non-hydrogen) atoms. The summed E-state index contributed by atoms with van der Waals surface area (Å²) in [6, 6.07) is 88.9. The van der Waals surface area contributed by atoms with Gasteiger partial charge in [-0.3, -0.25) is 0 Å². The second-order valence-electron chi connectivity index (χ2n) is 19.4. The third-order valence-electron chi connectivity index (χ3n) is 16.4. The van der Waals surface area contributed by atoms with E-state index >= 15 is 0 Å². The Bertz CT molecular complexity index is 3690. The fourth-order valence-electron chi connectivity index (χ4n) is 13.8. The van der Waals surface area contributed by atoms with Crippen molar-refractivity contribution in [3.63, 3.8) is 0 Å². The Kier molecular flexibility index (Phi) is 8.10. The van der Waals surface area contributed by atoms with Crippen LogP contribution in [-0.2, 0) is 10.8 Å². The summed E-state index contributed by atoms with van der Waals surface area (Å²) >= 11 is 0. The highest BCUT2D eigenvalue weighted by molar-refractivity contribution is 5.96. The van der Waals surface area contributed by atoms with Crippen LogP contribution in [0.1, 0.15) is 50.4 Å². The summed E-state index contributed by atoms with van der Waals surface area (Å²) in [5.41, 5.74) is 26.8. The first kappa shape index (κ1) is 38.6. The number of fused-ring (bicyclic) bond motifs is 20. The van der Waals surface area contributed by atoms with Gasteiger partial charge in [0.05, 0.1) is 10.8 Å². The summed E-state index contributed by atoms with van der Waals surface area (Å²) in [5, 5.41) is 0. The molecular formula is C68H45N. The van der Waals surface area contributed by atoms with Gasteiger partial charge in [0.15, 0.2) is 0 Å². The molecule has 2 unspecified atom stereocenters. The van der Waals surface area contributed by atoms with Gasteiger partial charge in [-0.2, -0.15) is 0 Å². The van der Waals surface area contributed by atoms with Crippen LogP contribution in [0.15, 0.2) is 261 Å². The number of hydrogen-bond donors (Lipinski definition) is 0. The van der Waals surface area contributed by atoms with Crippen molar-refractivity contribution in [2.24, 2.45) is 5.92 Å². The topological polar surface area (TPSA) is 3.24 Å². The van der Waals surface area contributed by atoms with E-state index < -0.39 is 0 Å². The maximum absolute atomic E-state index is 2.48. The predicted molar refractivity (Wildman–Crippen MR) is 285 cm³/mol. The Morgan fingerprint density at radius 1 is 0.304 bits per heavy atom. The number of benzene rings is 10. The Hall–Kier alpha value is -8.52. The zero-order chi connectivity index (χ0) is 45.3. The van der Waals surface area contributed by atoms with Crippen LogP contribution in [0.3, 0.4) is 0 Å². The van der Waals surface area contributed by atoms with Gasteiger partial charge < -0.3 is 4.90 Å². The van der Waals surface area contributed by atoms with E-state index in [2.05, 4.69) is 266 Å². The van der Waals surface area contributed by atoms with Crippen LogP contribution in [0, 0.1) is 5.92 Å². The van der Waals surface area contributed by atoms with E-state index in [0.717, 1.165) is 17.1 Å². The molecule has 322 valence electrons. The van der Waals surface area contributed by atoms with Gasteiger partial charge in [-0.1, -0.05) is 218 Å². The van der Waals surface area contributed by atoms with Crippen molar-refractivity contribution in [2.75, 3.05) is 4.90 Å². The normalized spacial score (nSPS) is 17.1. The Balaban J connectivity index is 0.829. The van der Waals surface area contributed by atoms with E-state index in [9.17, 15) is 0 Å². The first-order valence-corrected chi connectivity index (χ1v) is 24.4. The van der Waals surface area contributed by atoms with Crippen molar-refractivity contribution in [1.29, 1.82) is 0 Å². The lowest BCUT2D eigenvalue weighted by Gasteiger charge is -2.37. The van der Waals surface area contributed by atoms with E-state index in [1.165, 1.54) is 100 Å². The number of rotatable bonds is 5. The summed E-state index contributed by atoms with van der Waals surface area (Å²) in [5.74, 6) is 0.579. The van der Waals surface area contributed by atoms with Crippen LogP contribution in [0.25, 0.3) is 55.6 Å². The van der Waals surface area contributed by atoms with E-state index in [1.54, 1.807) is 0 Å². The minimum atomic E-state index is -0.371. The molecule has 0 saturated carbocycles. The quantitative estimate of drug-likeness (QED) is 0.167. The van der Waals surface area contributed by atoms with Gasteiger partial charge >= 0.3 is 0 Å². The van der Waals surface area contributed by atoms with Crippen LogP contribution in [0.4, 0.5) is 17.1 Å². The lowest BCUT2D eigenvalue weighted by Crippen LogP contribution is -2.33. The molecule has 0 amide bonds. The SMILES string of the molecule is C1=CC2c3cccc(-c4ccc(N(c5ccccc5)c5ccc(-c6ccc7c(c6)C6(c8ccccc8-c8ccccc86)c6ccccc6-7)cc5)cc4)c3C3(c4ccccc4-c4ccccc43)C2C=C1. The van der Waals surface area contributed by atoms with E-state index in [-0.39, 0.29) is 16.7 Å². The smallest absolute Gasteiger partial charge is 0.0725 e. The third kappa shape index (κ3) is 5.09. The Morgan fingerprint density at radius 3 is 1.32 bits per heavy atom. The summed E-state index contributed by atoms with van der Waals surface area (Å²) in [4.78, 5) is 2.39. The summed E-state index contributed by atoms with van der Waals surface area (Å²) in [6.07, 6.45) is 9.43. The monoisotopic (exact) mass is 875 g/mol. The maximum atomic E-state index is 2.48. The van der Waals surface area contributed by atoms with Gasteiger partial charge in [-0.25, -0.2) is 0 Å². The standard InChI is InChI=1S/C68H45N/c1-2-17-47(18-3-1)69(48-38-33-44(34-39-48)46-37-42-57-55-23-6-12-29-61(55)67(65(57)43-46)59-27-10-4-19-51(59)52-20-5-11-28-60(52)67)49-40-35-45(36-41-49)50-25-16-26-58-56-24-9-15-32-64(56)68(66(50)58)62-30-13-7-21-53(62)54-22-8-14-31-63(54)68/h1-43,56,64H. The lowest BCUT2D eigenvalue weighted by molar-refractivity contribution is 0.466. The maximum Gasteiger partial charge on any atom is 0.0725 e. The molecule has 0 aliphatic heterocycles. The largest absolute Gasteiger partial charge is 0.311 e. The highest BCUT2D eigenvalue weighted by atomic mass is 15.1. The second kappa shape index (κ2) is 14.5. The Morgan fingerprint density at radius 2 is 0.739 bits per heavy atom. The molecule has 5 aliphatic carbocycles. The molecule has 5 aliphatic rings. The van der Waals surface area contributed by atoms with Crippen LogP contribution in [0.5, 0.6) is 0 Å². The zero-order valence-electron chi connectivity index (χ0n) is 37.9. The summed E-state index contributed by atoms with van der Waals surface area (Å²) in [6.45, 7) is 0. The molecule has 0 radical (unpaired) electrons. The molecule has 0 N–H and O–H groups in total. The first-order chi connectivity index (χ1) is 34.2. The molecule has 0 bridgehead atoms. The van der Waals surface area contributed by atoms with Crippen molar-refractivity contribution >= 4 is 17.1 Å². The molecule has 2 spiro atoms. The van der Waals surface area contributed by atoms with E-state index in [4.69, 9.17) is 0 Å². The number of nitrogens with zero attached hydrogens (tertiary/aromatic N) is 1. The van der Waals surface area contributed by atoms with Crippen molar-refractivity contribution in [3.8, 4) is 55.6 Å². The molecule has 0 heterocycles. The molecule has 1 nitrogen and oxygen atoms in total. The third-order valence-corrected chi connectivity index (χ3v) is 16.4. The molecule has 0 aromatic heterocycles. The van der Waals surface area contributed by atoms with Gasteiger partial charge in [0.25, 0.3) is 0 Å². The van der Waals surface area contributed by atoms with E-state index in [1.807, 2.05) is 0 Å². The predicted octanol–water partition coefficient (Wildman–Crippen LogP) is 17.0. The summed E-state index contributed by atoms with van der Waals surface area (Å²) < 4.78 is 0. The minimum absolute atomic E-state index is 0.282. The molecule has 1 heteroatoms. The average Bonchev–Trinajstić information content (AvgIpc) is 4.11.